The summed E-state index contributed by atoms with van der Waals surface area (Å²) in [6.45, 7) is 9.40. The number of halogens is 1. The SMILES string of the molecule is C=CC(=O)N1CC(N(C)c2nc(OCC34CCCN3CCC4)nc3c2CCN(c2cccc4cccc(Cl)c24)C3)C1. The van der Waals surface area contributed by atoms with Gasteiger partial charge in [0.15, 0.2) is 0 Å². The molecule has 1 aromatic heterocycles. The molecule has 0 bridgehead atoms. The first-order valence-electron chi connectivity index (χ1n) is 14.8. The smallest absolute Gasteiger partial charge is 0.318 e. The van der Waals surface area contributed by atoms with Gasteiger partial charge in [-0.05, 0) is 68.8 Å². The lowest BCUT2D eigenvalue weighted by atomic mass is 9.95. The van der Waals surface area contributed by atoms with E-state index in [9.17, 15) is 4.79 Å². The minimum absolute atomic E-state index is 0.0234. The maximum atomic E-state index is 12.1. The molecule has 4 aliphatic rings. The first kappa shape index (κ1) is 26.5. The van der Waals surface area contributed by atoms with Gasteiger partial charge in [-0.25, -0.2) is 0 Å². The van der Waals surface area contributed by atoms with Crippen molar-refractivity contribution in [3.05, 3.63) is 65.3 Å². The largest absolute Gasteiger partial charge is 0.461 e. The van der Waals surface area contributed by atoms with Crippen molar-refractivity contribution < 1.29 is 9.53 Å². The number of hydrogen-bond acceptors (Lipinski definition) is 7. The van der Waals surface area contributed by atoms with Crippen molar-refractivity contribution >= 4 is 39.8 Å². The Hall–Kier alpha value is -3.36. The van der Waals surface area contributed by atoms with Gasteiger partial charge in [0.2, 0.25) is 5.91 Å². The van der Waals surface area contributed by atoms with Crippen molar-refractivity contribution in [3.63, 3.8) is 0 Å². The van der Waals surface area contributed by atoms with Gasteiger partial charge in [0.25, 0.3) is 0 Å². The summed E-state index contributed by atoms with van der Waals surface area (Å²) in [4.78, 5) is 31.2. The summed E-state index contributed by atoms with van der Waals surface area (Å²) in [6.07, 6.45) is 7.01. The van der Waals surface area contributed by atoms with Crippen molar-refractivity contribution in [1.29, 1.82) is 0 Å². The molecule has 214 valence electrons. The van der Waals surface area contributed by atoms with E-state index in [2.05, 4.69) is 52.6 Å². The molecular weight excluding hydrogens is 536 g/mol. The summed E-state index contributed by atoms with van der Waals surface area (Å²) in [5, 5.41) is 2.97. The first-order valence-corrected chi connectivity index (χ1v) is 15.2. The molecule has 4 aliphatic heterocycles. The van der Waals surface area contributed by atoms with Crippen LogP contribution in [0.4, 0.5) is 11.5 Å². The summed E-state index contributed by atoms with van der Waals surface area (Å²) in [5.41, 5.74) is 3.41. The third kappa shape index (κ3) is 4.61. The summed E-state index contributed by atoms with van der Waals surface area (Å²) < 4.78 is 6.48. The van der Waals surface area contributed by atoms with Gasteiger partial charge in [-0.15, -0.1) is 0 Å². The molecule has 1 amide bonds. The normalized spacial score (nSPS) is 20.0. The number of anilines is 2. The number of ether oxygens (including phenoxy) is 1. The minimum Gasteiger partial charge on any atom is -0.461 e. The van der Waals surface area contributed by atoms with Gasteiger partial charge in [0.05, 0.1) is 28.8 Å². The van der Waals surface area contributed by atoms with E-state index in [1.54, 1.807) is 0 Å². The van der Waals surface area contributed by atoms with Crippen LogP contribution >= 0.6 is 11.6 Å². The Balaban J connectivity index is 1.21. The van der Waals surface area contributed by atoms with Crippen LogP contribution in [0.15, 0.2) is 49.1 Å². The lowest BCUT2D eigenvalue weighted by Gasteiger charge is -2.45. The lowest BCUT2D eigenvalue weighted by Crippen LogP contribution is -2.60. The van der Waals surface area contributed by atoms with Crippen molar-refractivity contribution in [3.8, 4) is 6.01 Å². The van der Waals surface area contributed by atoms with Gasteiger partial charge in [-0.2, -0.15) is 9.97 Å². The average molecular weight is 573 g/mol. The van der Waals surface area contributed by atoms with E-state index in [1.165, 1.54) is 31.8 Å². The highest BCUT2D eigenvalue weighted by atomic mass is 35.5. The van der Waals surface area contributed by atoms with E-state index in [0.717, 1.165) is 64.6 Å². The number of carbonyl (C=O) groups is 1. The molecule has 3 fully saturated rings. The van der Waals surface area contributed by atoms with Gasteiger partial charge < -0.3 is 19.4 Å². The number of hydrogen-bond donors (Lipinski definition) is 0. The number of fused-ring (bicyclic) bond motifs is 3. The number of amides is 1. The van der Waals surface area contributed by atoms with Crippen molar-refractivity contribution in [2.45, 2.75) is 50.2 Å². The Morgan fingerprint density at radius 2 is 1.90 bits per heavy atom. The second-order valence-electron chi connectivity index (χ2n) is 12.0. The molecule has 8 nitrogen and oxygen atoms in total. The second-order valence-corrected chi connectivity index (χ2v) is 12.4. The summed E-state index contributed by atoms with van der Waals surface area (Å²) in [7, 11) is 2.08. The van der Waals surface area contributed by atoms with Crippen LogP contribution in [0.25, 0.3) is 10.8 Å². The molecule has 3 saturated heterocycles. The van der Waals surface area contributed by atoms with Crippen LogP contribution in [0, 0.1) is 0 Å². The van der Waals surface area contributed by atoms with Gasteiger partial charge in [-0.3, -0.25) is 9.69 Å². The molecule has 5 heterocycles. The third-order valence-electron chi connectivity index (χ3n) is 9.71. The van der Waals surface area contributed by atoms with E-state index in [0.29, 0.717) is 32.3 Å². The molecule has 0 spiro atoms. The maximum Gasteiger partial charge on any atom is 0.318 e. The van der Waals surface area contributed by atoms with E-state index in [1.807, 2.05) is 17.0 Å². The Bertz CT molecular complexity index is 1490. The van der Waals surface area contributed by atoms with Crippen LogP contribution in [0.2, 0.25) is 5.02 Å². The molecule has 3 aromatic rings. The highest BCUT2D eigenvalue weighted by Gasteiger charge is 2.45. The molecular formula is C32H37ClN6O2. The van der Waals surface area contributed by atoms with Gasteiger partial charge >= 0.3 is 6.01 Å². The van der Waals surface area contributed by atoms with E-state index < -0.39 is 0 Å². The van der Waals surface area contributed by atoms with E-state index in [-0.39, 0.29) is 17.5 Å². The molecule has 7 rings (SSSR count). The fourth-order valence-corrected chi connectivity index (χ4v) is 7.61. The molecule has 9 heteroatoms. The monoisotopic (exact) mass is 572 g/mol. The molecule has 0 atom stereocenters. The Kier molecular flexibility index (Phi) is 6.78. The average Bonchev–Trinajstić information content (AvgIpc) is 3.55. The predicted octanol–water partition coefficient (Wildman–Crippen LogP) is 4.69. The molecule has 0 radical (unpaired) electrons. The van der Waals surface area contributed by atoms with Crippen LogP contribution in [0.3, 0.4) is 0 Å². The lowest BCUT2D eigenvalue weighted by molar-refractivity contribution is -0.130. The zero-order valence-corrected chi connectivity index (χ0v) is 24.4. The summed E-state index contributed by atoms with van der Waals surface area (Å²) in [5.74, 6) is 0.897. The molecule has 0 aliphatic carbocycles. The fraction of sp³-hybridized carbons (Fsp3) is 0.469. The Morgan fingerprint density at radius 3 is 2.66 bits per heavy atom. The number of likely N-dealkylation sites (tertiary alicyclic amines) is 1. The van der Waals surface area contributed by atoms with Crippen molar-refractivity contribution in [2.75, 3.05) is 56.2 Å². The third-order valence-corrected chi connectivity index (χ3v) is 10.0. The van der Waals surface area contributed by atoms with Gasteiger partial charge in [-0.1, -0.05) is 42.4 Å². The predicted molar refractivity (Wildman–Crippen MR) is 163 cm³/mol. The zero-order valence-electron chi connectivity index (χ0n) is 23.7. The fourth-order valence-electron chi connectivity index (χ4n) is 7.33. The quantitative estimate of drug-likeness (QED) is 0.381. The van der Waals surface area contributed by atoms with Crippen LogP contribution in [0.5, 0.6) is 6.01 Å². The standard InChI is InChI=1S/C32H37ClN6O2/c1-3-28(40)38-18-23(19-38)36(2)30-24-12-17-37(27-11-5-9-22-8-4-10-25(33)29(22)27)20-26(24)34-31(35-30)41-21-32-13-6-15-39(32)16-7-14-32/h3-5,8-11,23H,1,6-7,12-21H2,2H3. The topological polar surface area (TPSA) is 65.0 Å². The first-order chi connectivity index (χ1) is 20.0. The number of likely N-dealkylation sites (N-methyl/N-ethyl adjacent to an activating group) is 1. The summed E-state index contributed by atoms with van der Waals surface area (Å²) in [6, 6.07) is 13.1. The van der Waals surface area contributed by atoms with Crippen molar-refractivity contribution in [1.82, 2.24) is 19.8 Å². The maximum absolute atomic E-state index is 12.1. The van der Waals surface area contributed by atoms with Gasteiger partial charge in [0, 0.05) is 43.3 Å². The summed E-state index contributed by atoms with van der Waals surface area (Å²) >= 11 is 6.71. The molecule has 0 unspecified atom stereocenters. The second kappa shape index (κ2) is 10.5. The Labute approximate surface area is 246 Å². The van der Waals surface area contributed by atoms with E-state index in [4.69, 9.17) is 26.3 Å². The minimum atomic E-state index is -0.0234. The Morgan fingerprint density at radius 1 is 1.15 bits per heavy atom. The van der Waals surface area contributed by atoms with Crippen molar-refractivity contribution in [2.24, 2.45) is 0 Å². The number of aromatic nitrogens is 2. The van der Waals surface area contributed by atoms with Crippen LogP contribution in [-0.4, -0.2) is 83.6 Å². The number of nitrogens with zero attached hydrogens (tertiary/aromatic N) is 6. The van der Waals surface area contributed by atoms with E-state index >= 15 is 0 Å². The van der Waals surface area contributed by atoms with Crippen LogP contribution in [-0.2, 0) is 17.8 Å². The molecule has 0 saturated carbocycles. The number of carbonyl (C=O) groups excluding carboxylic acids is 1. The molecule has 2 aromatic carbocycles. The zero-order chi connectivity index (χ0) is 28.1. The van der Waals surface area contributed by atoms with Gasteiger partial charge in [0.1, 0.15) is 12.4 Å². The number of rotatable bonds is 7. The molecule has 41 heavy (non-hydrogen) atoms. The van der Waals surface area contributed by atoms with Crippen LogP contribution in [0.1, 0.15) is 36.9 Å². The highest BCUT2D eigenvalue weighted by molar-refractivity contribution is 6.36. The molecule has 0 N–H and O–H groups in total. The van der Waals surface area contributed by atoms with Crippen LogP contribution < -0.4 is 14.5 Å². The number of benzene rings is 2. The highest BCUT2D eigenvalue weighted by Crippen LogP contribution is 2.40.